The fourth-order valence-electron chi connectivity index (χ4n) is 1.49. The standard InChI is InChI=1S/C9H12N4O2S/c1-3-13-8(6(15-2)4-11-13)9(14)7-5-10-12-16-7/h4-5,9,14H,3H2,1-2H3. The van der Waals surface area contributed by atoms with E-state index in [1.54, 1.807) is 24.2 Å². The van der Waals surface area contributed by atoms with Crippen molar-refractivity contribution in [2.75, 3.05) is 7.11 Å². The second-order valence-electron chi connectivity index (χ2n) is 3.14. The maximum Gasteiger partial charge on any atom is 0.163 e. The van der Waals surface area contributed by atoms with Gasteiger partial charge in [-0.2, -0.15) is 5.10 Å². The van der Waals surface area contributed by atoms with Crippen LogP contribution in [0.3, 0.4) is 0 Å². The molecule has 1 atom stereocenters. The third kappa shape index (κ3) is 1.79. The molecule has 0 aromatic carbocycles. The van der Waals surface area contributed by atoms with Crippen molar-refractivity contribution in [2.45, 2.75) is 19.6 Å². The van der Waals surface area contributed by atoms with E-state index in [1.165, 1.54) is 0 Å². The molecular formula is C9H12N4O2S. The number of methoxy groups -OCH3 is 1. The monoisotopic (exact) mass is 240 g/mol. The number of ether oxygens (including phenoxy) is 1. The van der Waals surface area contributed by atoms with Crippen LogP contribution < -0.4 is 4.74 Å². The average Bonchev–Trinajstić information content (AvgIpc) is 2.96. The normalized spacial score (nSPS) is 12.7. The molecule has 0 amide bonds. The van der Waals surface area contributed by atoms with Crippen LogP contribution in [0.1, 0.15) is 23.6 Å². The maximum atomic E-state index is 10.2. The summed E-state index contributed by atoms with van der Waals surface area (Å²) >= 11 is 1.16. The van der Waals surface area contributed by atoms with Crippen molar-refractivity contribution >= 4 is 11.5 Å². The zero-order valence-electron chi connectivity index (χ0n) is 8.99. The van der Waals surface area contributed by atoms with Crippen LogP contribution in [0, 0.1) is 0 Å². The summed E-state index contributed by atoms with van der Waals surface area (Å²) in [5, 5.41) is 18.0. The summed E-state index contributed by atoms with van der Waals surface area (Å²) in [6, 6.07) is 0. The van der Waals surface area contributed by atoms with E-state index in [0.29, 0.717) is 22.9 Å². The van der Waals surface area contributed by atoms with Gasteiger partial charge < -0.3 is 9.84 Å². The number of aryl methyl sites for hydroxylation is 1. The van der Waals surface area contributed by atoms with Crippen molar-refractivity contribution in [1.29, 1.82) is 0 Å². The highest BCUT2D eigenvalue weighted by Crippen LogP contribution is 2.30. The van der Waals surface area contributed by atoms with Crippen LogP contribution in [0.2, 0.25) is 0 Å². The van der Waals surface area contributed by atoms with Crippen LogP contribution in [0.25, 0.3) is 0 Å². The van der Waals surface area contributed by atoms with Crippen LogP contribution in [0.4, 0.5) is 0 Å². The molecule has 0 saturated carbocycles. The summed E-state index contributed by atoms with van der Waals surface area (Å²) in [4.78, 5) is 0.675. The van der Waals surface area contributed by atoms with Gasteiger partial charge in [-0.1, -0.05) is 4.49 Å². The largest absolute Gasteiger partial charge is 0.493 e. The number of hydrogen-bond acceptors (Lipinski definition) is 6. The van der Waals surface area contributed by atoms with E-state index in [1.807, 2.05) is 6.92 Å². The summed E-state index contributed by atoms with van der Waals surface area (Å²) in [6.45, 7) is 2.62. The molecule has 0 aliphatic rings. The first-order chi connectivity index (χ1) is 7.77. The van der Waals surface area contributed by atoms with Gasteiger partial charge >= 0.3 is 0 Å². The van der Waals surface area contributed by atoms with Gasteiger partial charge in [-0.15, -0.1) is 5.10 Å². The van der Waals surface area contributed by atoms with Crippen LogP contribution in [-0.2, 0) is 6.54 Å². The predicted molar refractivity (Wildman–Crippen MR) is 58.4 cm³/mol. The van der Waals surface area contributed by atoms with E-state index >= 15 is 0 Å². The maximum absolute atomic E-state index is 10.2. The Bertz CT molecular complexity index is 433. The quantitative estimate of drug-likeness (QED) is 0.857. The highest BCUT2D eigenvalue weighted by Gasteiger charge is 2.22. The molecule has 0 saturated heterocycles. The molecule has 2 aromatic rings. The zero-order chi connectivity index (χ0) is 11.5. The van der Waals surface area contributed by atoms with Crippen LogP contribution >= 0.6 is 11.5 Å². The molecule has 0 bridgehead atoms. The minimum absolute atomic E-state index is 0.572. The lowest BCUT2D eigenvalue weighted by molar-refractivity contribution is 0.206. The fraction of sp³-hybridized carbons (Fsp3) is 0.444. The van der Waals surface area contributed by atoms with Gasteiger partial charge in [-0.05, 0) is 18.5 Å². The van der Waals surface area contributed by atoms with Gasteiger partial charge in [0.1, 0.15) is 11.8 Å². The molecule has 86 valence electrons. The van der Waals surface area contributed by atoms with E-state index < -0.39 is 6.10 Å². The van der Waals surface area contributed by atoms with Gasteiger partial charge in [0.2, 0.25) is 0 Å². The summed E-state index contributed by atoms with van der Waals surface area (Å²) in [5.41, 5.74) is 0.635. The number of nitrogens with zero attached hydrogens (tertiary/aromatic N) is 4. The van der Waals surface area contributed by atoms with E-state index in [4.69, 9.17) is 4.74 Å². The first kappa shape index (κ1) is 11.0. The van der Waals surface area contributed by atoms with Crippen LogP contribution in [0.15, 0.2) is 12.4 Å². The molecule has 2 aromatic heterocycles. The second-order valence-corrected chi connectivity index (χ2v) is 3.95. The molecule has 0 radical (unpaired) electrons. The molecule has 2 heterocycles. The van der Waals surface area contributed by atoms with E-state index in [2.05, 4.69) is 14.7 Å². The van der Waals surface area contributed by atoms with Gasteiger partial charge in [0.15, 0.2) is 5.75 Å². The molecule has 6 nitrogen and oxygen atoms in total. The predicted octanol–water partition coefficient (Wildman–Crippen LogP) is 0.845. The molecule has 16 heavy (non-hydrogen) atoms. The van der Waals surface area contributed by atoms with E-state index in [-0.39, 0.29) is 0 Å². The van der Waals surface area contributed by atoms with Gasteiger partial charge in [-0.3, -0.25) is 4.68 Å². The van der Waals surface area contributed by atoms with Crippen molar-refractivity contribution < 1.29 is 9.84 Å². The number of hydrogen-bond donors (Lipinski definition) is 1. The van der Waals surface area contributed by atoms with Crippen molar-refractivity contribution in [3.63, 3.8) is 0 Å². The minimum Gasteiger partial charge on any atom is -0.493 e. The van der Waals surface area contributed by atoms with Gasteiger partial charge in [0, 0.05) is 6.54 Å². The Morgan fingerprint density at radius 2 is 2.38 bits per heavy atom. The summed E-state index contributed by atoms with van der Waals surface area (Å²) in [6.07, 6.45) is 2.34. The molecular weight excluding hydrogens is 228 g/mol. The van der Waals surface area contributed by atoms with Crippen molar-refractivity contribution in [3.05, 3.63) is 23.0 Å². The van der Waals surface area contributed by atoms with Crippen molar-refractivity contribution in [1.82, 2.24) is 19.4 Å². The lowest BCUT2D eigenvalue weighted by Gasteiger charge is -2.11. The molecule has 7 heteroatoms. The Morgan fingerprint density at radius 3 is 2.94 bits per heavy atom. The molecule has 0 aliphatic carbocycles. The van der Waals surface area contributed by atoms with Crippen LogP contribution in [-0.4, -0.2) is 31.6 Å². The van der Waals surface area contributed by atoms with Gasteiger partial charge in [-0.25, -0.2) is 0 Å². The highest BCUT2D eigenvalue weighted by molar-refractivity contribution is 7.05. The second kappa shape index (κ2) is 4.58. The Hall–Kier alpha value is -1.47. The number of aliphatic hydroxyl groups is 1. The third-order valence-electron chi connectivity index (χ3n) is 2.27. The lowest BCUT2D eigenvalue weighted by atomic mass is 10.2. The van der Waals surface area contributed by atoms with Crippen molar-refractivity contribution in [3.8, 4) is 5.75 Å². The Labute approximate surface area is 96.7 Å². The topological polar surface area (TPSA) is 73.1 Å². The minimum atomic E-state index is -0.794. The molecule has 2 rings (SSSR count). The summed E-state index contributed by atoms with van der Waals surface area (Å²) in [7, 11) is 1.55. The van der Waals surface area contributed by atoms with E-state index in [9.17, 15) is 5.11 Å². The highest BCUT2D eigenvalue weighted by atomic mass is 32.1. The number of aromatic nitrogens is 4. The van der Waals surface area contributed by atoms with Crippen LogP contribution in [0.5, 0.6) is 5.75 Å². The molecule has 0 aliphatic heterocycles. The zero-order valence-corrected chi connectivity index (χ0v) is 9.81. The summed E-state index contributed by atoms with van der Waals surface area (Å²) in [5.74, 6) is 0.572. The summed E-state index contributed by atoms with van der Waals surface area (Å²) < 4.78 is 10.6. The van der Waals surface area contributed by atoms with Gasteiger partial charge in [0.05, 0.1) is 24.4 Å². The SMILES string of the molecule is CCn1ncc(OC)c1C(O)c1cnns1. The molecule has 0 spiro atoms. The van der Waals surface area contributed by atoms with Gasteiger partial charge in [0.25, 0.3) is 0 Å². The fourth-order valence-corrected chi connectivity index (χ4v) is 1.99. The number of aliphatic hydroxyl groups excluding tert-OH is 1. The number of rotatable bonds is 4. The third-order valence-corrected chi connectivity index (χ3v) is 2.99. The lowest BCUT2D eigenvalue weighted by Crippen LogP contribution is -2.09. The Kier molecular flexibility index (Phi) is 3.16. The first-order valence-electron chi connectivity index (χ1n) is 4.83. The molecule has 0 fully saturated rings. The average molecular weight is 240 g/mol. The smallest absolute Gasteiger partial charge is 0.163 e. The Morgan fingerprint density at radius 1 is 1.56 bits per heavy atom. The Balaban J connectivity index is 2.41. The van der Waals surface area contributed by atoms with E-state index in [0.717, 1.165) is 11.5 Å². The molecule has 1 unspecified atom stereocenters. The first-order valence-corrected chi connectivity index (χ1v) is 5.60. The van der Waals surface area contributed by atoms with Crippen molar-refractivity contribution in [2.24, 2.45) is 0 Å². The molecule has 1 N–H and O–H groups in total.